The number of nitrogens with zero attached hydrogens (tertiary/aromatic N) is 3. The molecule has 2 heterocycles. The van der Waals surface area contributed by atoms with E-state index in [0.717, 1.165) is 24.0 Å². The van der Waals surface area contributed by atoms with Crippen LogP contribution in [0.3, 0.4) is 0 Å². The molecule has 0 saturated carbocycles. The second-order valence-electron chi connectivity index (χ2n) is 8.81. The molecular formula is C18H31BrN4O. The molecule has 2 rings (SSSR count). The Hall–Kier alpha value is -0.880. The third-order valence-corrected chi connectivity index (χ3v) is 5.55. The zero-order valence-electron chi connectivity index (χ0n) is 16.0. The summed E-state index contributed by atoms with van der Waals surface area (Å²) < 4.78 is 2.64. The minimum Gasteiger partial charge on any atom is -0.307 e. The van der Waals surface area contributed by atoms with Gasteiger partial charge in [0.1, 0.15) is 0 Å². The first-order valence-corrected chi connectivity index (χ1v) is 9.53. The lowest BCUT2D eigenvalue weighted by molar-refractivity contribution is -0.122. The van der Waals surface area contributed by atoms with Gasteiger partial charge in [-0.2, -0.15) is 5.10 Å². The Morgan fingerprint density at radius 3 is 2.42 bits per heavy atom. The Kier molecular flexibility index (Phi) is 5.50. The Bertz CT molecular complexity index is 597. The van der Waals surface area contributed by atoms with Gasteiger partial charge in [-0.1, -0.05) is 20.8 Å². The Balaban J connectivity index is 2.20. The van der Waals surface area contributed by atoms with Gasteiger partial charge in [-0.15, -0.1) is 0 Å². The van der Waals surface area contributed by atoms with Gasteiger partial charge in [0.2, 0.25) is 5.91 Å². The number of rotatable bonds is 3. The monoisotopic (exact) mass is 398 g/mol. The zero-order chi connectivity index (χ0) is 18.3. The van der Waals surface area contributed by atoms with Gasteiger partial charge in [-0.05, 0) is 61.4 Å². The number of anilines is 1. The number of hydrogen-bond acceptors (Lipinski definition) is 3. The highest BCUT2D eigenvalue weighted by Gasteiger charge is 2.45. The molecule has 1 fully saturated rings. The third-order valence-electron chi connectivity index (χ3n) is 4.97. The highest BCUT2D eigenvalue weighted by Crippen LogP contribution is 2.40. The van der Waals surface area contributed by atoms with E-state index in [-0.39, 0.29) is 22.9 Å². The standard InChI is InChI=1S/C18H31BrN4O/c1-8-22-11-13(19)15(21-22)20-16(24)14-9-12(17(2,3)4)10-23(14)18(5,6)7/h11-12,14H,8-10H2,1-7H3,(H,20,21,24)/t12?,14-/m0/s1. The average molecular weight is 399 g/mol. The van der Waals surface area contributed by atoms with Crippen molar-refractivity contribution in [1.82, 2.24) is 14.7 Å². The van der Waals surface area contributed by atoms with Crippen molar-refractivity contribution in [3.63, 3.8) is 0 Å². The van der Waals surface area contributed by atoms with E-state index >= 15 is 0 Å². The van der Waals surface area contributed by atoms with Crippen molar-refractivity contribution in [3.8, 4) is 0 Å². The molecule has 0 bridgehead atoms. The van der Waals surface area contributed by atoms with E-state index in [1.807, 2.05) is 17.8 Å². The number of nitrogens with one attached hydrogen (secondary N) is 1. The van der Waals surface area contributed by atoms with Crippen molar-refractivity contribution in [2.45, 2.75) is 73.0 Å². The van der Waals surface area contributed by atoms with Crippen LogP contribution in [0, 0.1) is 11.3 Å². The quantitative estimate of drug-likeness (QED) is 0.831. The molecule has 136 valence electrons. The summed E-state index contributed by atoms with van der Waals surface area (Å²) in [6.45, 7) is 17.1. The molecule has 1 amide bonds. The van der Waals surface area contributed by atoms with Crippen LogP contribution in [0.15, 0.2) is 10.7 Å². The fourth-order valence-electron chi connectivity index (χ4n) is 3.30. The largest absolute Gasteiger partial charge is 0.307 e. The molecule has 0 aliphatic carbocycles. The summed E-state index contributed by atoms with van der Waals surface area (Å²) >= 11 is 3.48. The van der Waals surface area contributed by atoms with Gasteiger partial charge in [0.05, 0.1) is 10.5 Å². The molecular weight excluding hydrogens is 368 g/mol. The van der Waals surface area contributed by atoms with E-state index in [2.05, 4.69) is 72.8 Å². The Morgan fingerprint density at radius 1 is 1.33 bits per heavy atom. The lowest BCUT2D eigenvalue weighted by atomic mass is 9.79. The van der Waals surface area contributed by atoms with E-state index in [4.69, 9.17) is 0 Å². The van der Waals surface area contributed by atoms with Gasteiger partial charge in [-0.25, -0.2) is 0 Å². The molecule has 0 radical (unpaired) electrons. The number of carbonyl (C=O) groups excluding carboxylic acids is 1. The predicted molar refractivity (Wildman–Crippen MR) is 102 cm³/mol. The van der Waals surface area contributed by atoms with E-state index in [0.29, 0.717) is 11.7 Å². The van der Waals surface area contributed by atoms with E-state index in [1.54, 1.807) is 0 Å². The summed E-state index contributed by atoms with van der Waals surface area (Å²) in [5, 5.41) is 7.44. The maximum atomic E-state index is 13.0. The van der Waals surface area contributed by atoms with Crippen molar-refractivity contribution < 1.29 is 4.79 Å². The lowest BCUT2D eigenvalue weighted by Crippen LogP contribution is -2.49. The van der Waals surface area contributed by atoms with Gasteiger partial charge in [-0.3, -0.25) is 14.4 Å². The Labute approximate surface area is 154 Å². The highest BCUT2D eigenvalue weighted by molar-refractivity contribution is 9.10. The number of aromatic nitrogens is 2. The average Bonchev–Trinajstić information content (AvgIpc) is 3.02. The van der Waals surface area contributed by atoms with Crippen LogP contribution in [0.1, 0.15) is 54.9 Å². The van der Waals surface area contributed by atoms with Crippen LogP contribution in [0.5, 0.6) is 0 Å². The van der Waals surface area contributed by atoms with Crippen molar-refractivity contribution in [2.24, 2.45) is 11.3 Å². The summed E-state index contributed by atoms with van der Waals surface area (Å²) in [7, 11) is 0. The van der Waals surface area contributed by atoms with Crippen molar-refractivity contribution >= 4 is 27.7 Å². The van der Waals surface area contributed by atoms with Gasteiger partial charge in [0.15, 0.2) is 5.82 Å². The minimum absolute atomic E-state index is 0.0397. The fraction of sp³-hybridized carbons (Fsp3) is 0.778. The maximum Gasteiger partial charge on any atom is 0.242 e. The van der Waals surface area contributed by atoms with Crippen LogP contribution in [0.2, 0.25) is 0 Å². The number of carbonyl (C=O) groups is 1. The normalized spacial score (nSPS) is 22.8. The predicted octanol–water partition coefficient (Wildman–Crippen LogP) is 4.14. The maximum absolute atomic E-state index is 13.0. The first kappa shape index (κ1) is 19.4. The second kappa shape index (κ2) is 6.79. The Morgan fingerprint density at radius 2 is 1.96 bits per heavy atom. The molecule has 1 N–H and O–H groups in total. The molecule has 1 aromatic rings. The SMILES string of the molecule is CCn1cc(Br)c(NC(=O)[C@@H]2CC(C(C)(C)C)CN2C(C)(C)C)n1. The highest BCUT2D eigenvalue weighted by atomic mass is 79.9. The molecule has 1 saturated heterocycles. The van der Waals surface area contributed by atoms with Gasteiger partial charge in [0.25, 0.3) is 0 Å². The molecule has 1 unspecified atom stereocenters. The van der Waals surface area contributed by atoms with Crippen LogP contribution in [-0.4, -0.2) is 38.7 Å². The zero-order valence-corrected chi connectivity index (χ0v) is 17.6. The minimum atomic E-state index is -0.118. The fourth-order valence-corrected chi connectivity index (χ4v) is 3.71. The van der Waals surface area contributed by atoms with Crippen LogP contribution in [-0.2, 0) is 11.3 Å². The van der Waals surface area contributed by atoms with E-state index in [9.17, 15) is 4.79 Å². The molecule has 0 aromatic carbocycles. The molecule has 1 aromatic heterocycles. The van der Waals surface area contributed by atoms with Crippen molar-refractivity contribution in [3.05, 3.63) is 10.7 Å². The van der Waals surface area contributed by atoms with E-state index < -0.39 is 0 Å². The first-order valence-electron chi connectivity index (χ1n) is 8.74. The molecule has 0 spiro atoms. The third kappa shape index (κ3) is 4.20. The number of aryl methyl sites for hydroxylation is 1. The molecule has 2 atom stereocenters. The molecule has 5 nitrogen and oxygen atoms in total. The molecule has 1 aliphatic heterocycles. The second-order valence-corrected chi connectivity index (χ2v) is 9.66. The summed E-state index contributed by atoms with van der Waals surface area (Å²) in [6.07, 6.45) is 2.78. The molecule has 6 heteroatoms. The first-order chi connectivity index (χ1) is 10.9. The van der Waals surface area contributed by atoms with Crippen molar-refractivity contribution in [1.29, 1.82) is 0 Å². The van der Waals surface area contributed by atoms with Crippen molar-refractivity contribution in [2.75, 3.05) is 11.9 Å². The summed E-state index contributed by atoms with van der Waals surface area (Å²) in [5.41, 5.74) is 0.158. The van der Waals surface area contributed by atoms with Gasteiger partial charge >= 0.3 is 0 Å². The molecule has 24 heavy (non-hydrogen) atoms. The van der Waals surface area contributed by atoms with Gasteiger partial charge in [0, 0.05) is 24.8 Å². The topological polar surface area (TPSA) is 50.2 Å². The number of halogens is 1. The van der Waals surface area contributed by atoms with Crippen LogP contribution in [0.25, 0.3) is 0 Å². The summed E-state index contributed by atoms with van der Waals surface area (Å²) in [5.74, 6) is 1.15. The number of hydrogen-bond donors (Lipinski definition) is 1. The van der Waals surface area contributed by atoms with Crippen LogP contribution >= 0.6 is 15.9 Å². The van der Waals surface area contributed by atoms with Crippen LogP contribution in [0.4, 0.5) is 5.82 Å². The summed E-state index contributed by atoms with van der Waals surface area (Å²) in [6, 6.07) is -0.118. The van der Waals surface area contributed by atoms with Gasteiger partial charge < -0.3 is 5.32 Å². The number of likely N-dealkylation sites (tertiary alicyclic amines) is 1. The van der Waals surface area contributed by atoms with E-state index in [1.165, 1.54) is 0 Å². The summed E-state index contributed by atoms with van der Waals surface area (Å²) in [4.78, 5) is 15.3. The smallest absolute Gasteiger partial charge is 0.242 e. The molecule has 1 aliphatic rings. The van der Waals surface area contributed by atoms with Crippen LogP contribution < -0.4 is 5.32 Å². The number of amides is 1. The lowest BCUT2D eigenvalue weighted by Gasteiger charge is -2.36.